The largest absolute Gasteiger partial charge is 0.369 e. The molecule has 23 heavy (non-hydrogen) atoms. The monoisotopic (exact) mass is 347 g/mol. The Labute approximate surface area is 144 Å². The Kier molecular flexibility index (Phi) is 3.82. The van der Waals surface area contributed by atoms with Crippen molar-refractivity contribution in [2.75, 3.05) is 7.05 Å². The summed E-state index contributed by atoms with van der Waals surface area (Å²) in [6, 6.07) is 12.9. The van der Waals surface area contributed by atoms with Gasteiger partial charge >= 0.3 is 0 Å². The highest BCUT2D eigenvalue weighted by molar-refractivity contribution is 6.35. The number of halogens is 2. The van der Waals surface area contributed by atoms with Crippen LogP contribution in [-0.4, -0.2) is 23.8 Å². The Morgan fingerprint density at radius 2 is 1.74 bits per heavy atom. The van der Waals surface area contributed by atoms with E-state index < -0.39 is 5.54 Å². The zero-order valence-electron chi connectivity index (χ0n) is 12.7. The maximum absolute atomic E-state index is 12.5. The number of hydrogen-bond acceptors (Lipinski definition) is 3. The maximum Gasteiger partial charge on any atom is 0.261 e. The third-order valence-electron chi connectivity index (χ3n) is 4.02. The van der Waals surface area contributed by atoms with Crippen molar-refractivity contribution in [2.45, 2.75) is 12.5 Å². The molecule has 2 aromatic carbocycles. The smallest absolute Gasteiger partial charge is 0.261 e. The van der Waals surface area contributed by atoms with Crippen molar-refractivity contribution >= 4 is 35.1 Å². The quantitative estimate of drug-likeness (QED) is 0.900. The molecule has 0 fully saturated rings. The molecule has 0 aliphatic carbocycles. The number of amides is 1. The van der Waals surface area contributed by atoms with Gasteiger partial charge in [0.05, 0.1) is 0 Å². The average Bonchev–Trinajstić information content (AvgIpc) is 2.71. The SMILES string of the molecule is CN1C(=O)C(C)(c2cccc(-c3cc(Cl)cc(Cl)c3)c2)N=C1N. The molecule has 3 rings (SSSR count). The Balaban J connectivity index is 2.09. The second-order valence-electron chi connectivity index (χ2n) is 5.65. The molecule has 118 valence electrons. The zero-order valence-corrected chi connectivity index (χ0v) is 14.2. The summed E-state index contributed by atoms with van der Waals surface area (Å²) < 4.78 is 0. The maximum atomic E-state index is 12.5. The van der Waals surface area contributed by atoms with E-state index in [9.17, 15) is 4.79 Å². The fraction of sp³-hybridized carbons (Fsp3) is 0.176. The van der Waals surface area contributed by atoms with Gasteiger partial charge in [-0.3, -0.25) is 9.69 Å². The first-order chi connectivity index (χ1) is 10.8. The van der Waals surface area contributed by atoms with Gasteiger partial charge in [0.25, 0.3) is 5.91 Å². The molecule has 0 saturated carbocycles. The van der Waals surface area contributed by atoms with Crippen molar-refractivity contribution in [3.63, 3.8) is 0 Å². The van der Waals surface area contributed by atoms with Crippen LogP contribution in [0, 0.1) is 0 Å². The first-order valence-electron chi connectivity index (χ1n) is 7.02. The van der Waals surface area contributed by atoms with Crippen LogP contribution in [0.15, 0.2) is 47.5 Å². The van der Waals surface area contributed by atoms with Gasteiger partial charge in [-0.1, -0.05) is 41.4 Å². The van der Waals surface area contributed by atoms with Gasteiger partial charge in [-0.05, 0) is 47.9 Å². The van der Waals surface area contributed by atoms with E-state index in [0.717, 1.165) is 16.7 Å². The van der Waals surface area contributed by atoms with E-state index in [1.165, 1.54) is 4.90 Å². The lowest BCUT2D eigenvalue weighted by atomic mass is 9.90. The molecule has 1 aliphatic rings. The molecule has 4 nitrogen and oxygen atoms in total. The summed E-state index contributed by atoms with van der Waals surface area (Å²) in [4.78, 5) is 18.2. The van der Waals surface area contributed by atoms with Crippen LogP contribution >= 0.6 is 23.2 Å². The lowest BCUT2D eigenvalue weighted by molar-refractivity contribution is -0.130. The van der Waals surface area contributed by atoms with Gasteiger partial charge in [-0.2, -0.15) is 0 Å². The number of rotatable bonds is 2. The standard InChI is InChI=1S/C17H15Cl2N3O/c1-17(15(23)22(2)16(20)21-17)12-5-3-4-10(6-12)11-7-13(18)9-14(19)8-11/h3-9H,1-2H3,(H2,20,21). The molecule has 0 bridgehead atoms. The van der Waals surface area contributed by atoms with Crippen LogP contribution in [0.25, 0.3) is 11.1 Å². The number of nitrogens with two attached hydrogens (primary N) is 1. The fourth-order valence-electron chi connectivity index (χ4n) is 2.69. The molecule has 0 radical (unpaired) electrons. The predicted octanol–water partition coefficient (Wildman–Crippen LogP) is 3.66. The van der Waals surface area contributed by atoms with Gasteiger partial charge in [0.1, 0.15) is 0 Å². The van der Waals surface area contributed by atoms with Crippen LogP contribution in [0.2, 0.25) is 10.0 Å². The lowest BCUT2D eigenvalue weighted by Gasteiger charge is -2.21. The van der Waals surface area contributed by atoms with Crippen LogP contribution in [-0.2, 0) is 10.3 Å². The van der Waals surface area contributed by atoms with E-state index in [4.69, 9.17) is 28.9 Å². The molecule has 0 spiro atoms. The third-order valence-corrected chi connectivity index (χ3v) is 4.46. The molecule has 1 amide bonds. The summed E-state index contributed by atoms with van der Waals surface area (Å²) in [5, 5.41) is 1.12. The van der Waals surface area contributed by atoms with Gasteiger partial charge in [0.15, 0.2) is 11.5 Å². The molecule has 6 heteroatoms. The first-order valence-corrected chi connectivity index (χ1v) is 7.77. The predicted molar refractivity (Wildman–Crippen MR) is 93.6 cm³/mol. The molecular formula is C17H15Cl2N3O. The number of benzene rings is 2. The molecule has 2 N–H and O–H groups in total. The minimum Gasteiger partial charge on any atom is -0.369 e. The van der Waals surface area contributed by atoms with Crippen molar-refractivity contribution in [1.82, 2.24) is 4.90 Å². The first kappa shape index (κ1) is 15.8. The number of hydrogen-bond donors (Lipinski definition) is 1. The van der Waals surface area contributed by atoms with Crippen LogP contribution in [0.4, 0.5) is 0 Å². The highest BCUT2D eigenvalue weighted by Gasteiger charge is 2.43. The minimum absolute atomic E-state index is 0.156. The van der Waals surface area contributed by atoms with Crippen molar-refractivity contribution in [2.24, 2.45) is 10.7 Å². The molecule has 0 saturated heterocycles. The number of likely N-dealkylation sites (N-methyl/N-ethyl adjacent to an activating group) is 1. The van der Waals surface area contributed by atoms with Crippen molar-refractivity contribution < 1.29 is 4.79 Å². The van der Waals surface area contributed by atoms with E-state index in [1.807, 2.05) is 36.4 Å². The molecule has 1 aliphatic heterocycles. The molecule has 0 aromatic heterocycles. The summed E-state index contributed by atoms with van der Waals surface area (Å²) in [5.41, 5.74) is 7.33. The molecular weight excluding hydrogens is 333 g/mol. The second kappa shape index (κ2) is 5.55. The molecule has 2 aromatic rings. The van der Waals surface area contributed by atoms with Crippen LogP contribution in [0.3, 0.4) is 0 Å². The van der Waals surface area contributed by atoms with E-state index in [2.05, 4.69) is 4.99 Å². The van der Waals surface area contributed by atoms with Crippen LogP contribution in [0.5, 0.6) is 0 Å². The van der Waals surface area contributed by atoms with E-state index in [1.54, 1.807) is 20.0 Å². The number of carbonyl (C=O) groups excluding carboxylic acids is 1. The summed E-state index contributed by atoms with van der Waals surface area (Å²) >= 11 is 12.1. The Morgan fingerprint density at radius 3 is 2.30 bits per heavy atom. The highest BCUT2D eigenvalue weighted by Crippen LogP contribution is 2.35. The topological polar surface area (TPSA) is 58.7 Å². The van der Waals surface area contributed by atoms with Gasteiger partial charge < -0.3 is 5.73 Å². The number of guanidine groups is 1. The normalized spacial score (nSPS) is 20.8. The average molecular weight is 348 g/mol. The van der Waals surface area contributed by atoms with Gasteiger partial charge in [-0.25, -0.2) is 4.99 Å². The van der Waals surface area contributed by atoms with Crippen molar-refractivity contribution in [3.05, 3.63) is 58.1 Å². The number of aliphatic imine (C=N–C) groups is 1. The molecule has 1 heterocycles. The Morgan fingerprint density at radius 1 is 1.09 bits per heavy atom. The second-order valence-corrected chi connectivity index (χ2v) is 6.52. The van der Waals surface area contributed by atoms with Gasteiger partial charge in [-0.15, -0.1) is 0 Å². The van der Waals surface area contributed by atoms with Crippen LogP contribution < -0.4 is 5.73 Å². The van der Waals surface area contributed by atoms with E-state index >= 15 is 0 Å². The highest BCUT2D eigenvalue weighted by atomic mass is 35.5. The third kappa shape index (κ3) is 2.69. The summed E-state index contributed by atoms with van der Waals surface area (Å²) in [6.07, 6.45) is 0. The summed E-state index contributed by atoms with van der Waals surface area (Å²) in [5.74, 6) is 0.0602. The summed E-state index contributed by atoms with van der Waals surface area (Å²) in [7, 11) is 1.62. The van der Waals surface area contributed by atoms with Crippen molar-refractivity contribution in [1.29, 1.82) is 0 Å². The van der Waals surface area contributed by atoms with Gasteiger partial charge in [0.2, 0.25) is 0 Å². The van der Waals surface area contributed by atoms with Gasteiger partial charge in [0, 0.05) is 17.1 Å². The zero-order chi connectivity index (χ0) is 16.8. The number of nitrogens with zero attached hydrogens (tertiary/aromatic N) is 2. The minimum atomic E-state index is -1.02. The van der Waals surface area contributed by atoms with E-state index in [0.29, 0.717) is 10.0 Å². The Hall–Kier alpha value is -2.04. The van der Waals surface area contributed by atoms with Crippen LogP contribution in [0.1, 0.15) is 12.5 Å². The molecule has 1 atom stereocenters. The lowest BCUT2D eigenvalue weighted by Crippen LogP contribution is -2.38. The van der Waals surface area contributed by atoms with Crippen molar-refractivity contribution in [3.8, 4) is 11.1 Å². The Bertz CT molecular complexity index is 814. The molecule has 1 unspecified atom stereocenters. The number of carbonyl (C=O) groups is 1. The van der Waals surface area contributed by atoms with E-state index in [-0.39, 0.29) is 11.9 Å². The summed E-state index contributed by atoms with van der Waals surface area (Å²) in [6.45, 7) is 1.76. The fourth-order valence-corrected chi connectivity index (χ4v) is 3.22.